The Balaban J connectivity index is 1.64. The monoisotopic (exact) mass is 280 g/mol. The summed E-state index contributed by atoms with van der Waals surface area (Å²) in [5.74, 6) is 0.918. The first-order chi connectivity index (χ1) is 9.72. The summed E-state index contributed by atoms with van der Waals surface area (Å²) in [6.45, 7) is 9.33. The van der Waals surface area contributed by atoms with Crippen molar-refractivity contribution in [1.29, 1.82) is 0 Å². The second-order valence-corrected chi connectivity index (χ2v) is 7.39. The number of rotatable bonds is 5. The molecule has 0 spiro atoms. The molecule has 0 bridgehead atoms. The maximum absolute atomic E-state index is 6.01. The molecular weight excluding hydrogens is 248 g/mol. The van der Waals surface area contributed by atoms with Crippen molar-refractivity contribution in [1.82, 2.24) is 10.2 Å². The molecule has 3 atom stereocenters. The third-order valence-electron chi connectivity index (χ3n) is 5.70. The van der Waals surface area contributed by atoms with Crippen LogP contribution in [0.1, 0.15) is 58.8 Å². The summed E-state index contributed by atoms with van der Waals surface area (Å²) < 4.78 is 6.01. The van der Waals surface area contributed by atoms with Crippen LogP contribution in [0.2, 0.25) is 0 Å². The van der Waals surface area contributed by atoms with Crippen LogP contribution in [0, 0.1) is 5.92 Å². The minimum absolute atomic E-state index is 0.380. The van der Waals surface area contributed by atoms with E-state index in [-0.39, 0.29) is 0 Å². The van der Waals surface area contributed by atoms with Gasteiger partial charge in [-0.15, -0.1) is 0 Å². The summed E-state index contributed by atoms with van der Waals surface area (Å²) in [7, 11) is 0. The van der Waals surface area contributed by atoms with Crippen LogP contribution in [0.15, 0.2) is 0 Å². The van der Waals surface area contributed by atoms with Gasteiger partial charge < -0.3 is 10.1 Å². The lowest BCUT2D eigenvalue weighted by Gasteiger charge is -2.50. The van der Waals surface area contributed by atoms with Gasteiger partial charge in [0.15, 0.2) is 0 Å². The van der Waals surface area contributed by atoms with Gasteiger partial charge in [0, 0.05) is 37.8 Å². The van der Waals surface area contributed by atoms with E-state index in [0.29, 0.717) is 17.7 Å². The Morgan fingerprint density at radius 1 is 1.25 bits per heavy atom. The van der Waals surface area contributed by atoms with E-state index in [2.05, 4.69) is 24.1 Å². The predicted molar refractivity (Wildman–Crippen MR) is 83.0 cm³/mol. The molecule has 2 heterocycles. The standard InChI is InChI=1S/C17H32N2O/c1-3-6-15-11-19(12-16-7-4-5-10-20-16)17(2,13-18-15)14-8-9-14/h14-16,18H,3-13H2,1-2H3. The van der Waals surface area contributed by atoms with Crippen molar-refractivity contribution in [3.8, 4) is 0 Å². The van der Waals surface area contributed by atoms with Crippen LogP contribution in [0.5, 0.6) is 0 Å². The van der Waals surface area contributed by atoms with Crippen LogP contribution in [-0.2, 0) is 4.74 Å². The Bertz CT molecular complexity index is 312. The van der Waals surface area contributed by atoms with Crippen LogP contribution in [0.3, 0.4) is 0 Å². The molecular formula is C17H32N2O. The summed E-state index contributed by atoms with van der Waals surface area (Å²) >= 11 is 0. The predicted octanol–water partition coefficient (Wildman–Crippen LogP) is 2.80. The van der Waals surface area contributed by atoms with Crippen molar-refractivity contribution >= 4 is 0 Å². The van der Waals surface area contributed by atoms with Gasteiger partial charge in [0.05, 0.1) is 6.10 Å². The SMILES string of the molecule is CCCC1CN(CC2CCCCO2)C(C)(C2CC2)CN1. The van der Waals surface area contributed by atoms with Gasteiger partial charge in [0.1, 0.15) is 0 Å². The molecule has 0 aromatic rings. The average molecular weight is 280 g/mol. The molecule has 1 saturated carbocycles. The molecule has 116 valence electrons. The molecule has 1 N–H and O–H groups in total. The van der Waals surface area contributed by atoms with Crippen molar-refractivity contribution in [2.45, 2.75) is 76.5 Å². The summed E-state index contributed by atoms with van der Waals surface area (Å²) in [6.07, 6.45) is 9.82. The van der Waals surface area contributed by atoms with Gasteiger partial charge >= 0.3 is 0 Å². The number of ether oxygens (including phenoxy) is 1. The number of nitrogens with one attached hydrogen (secondary N) is 1. The Morgan fingerprint density at radius 3 is 2.75 bits per heavy atom. The van der Waals surface area contributed by atoms with Crippen LogP contribution in [-0.4, -0.2) is 48.8 Å². The third-order valence-corrected chi connectivity index (χ3v) is 5.70. The largest absolute Gasteiger partial charge is 0.377 e. The van der Waals surface area contributed by atoms with Crippen molar-refractivity contribution in [2.24, 2.45) is 5.92 Å². The van der Waals surface area contributed by atoms with Gasteiger partial charge in [-0.25, -0.2) is 0 Å². The highest BCUT2D eigenvalue weighted by Crippen LogP contribution is 2.44. The summed E-state index contributed by atoms with van der Waals surface area (Å²) in [5, 5.41) is 3.82. The van der Waals surface area contributed by atoms with Crippen molar-refractivity contribution in [3.05, 3.63) is 0 Å². The molecule has 0 radical (unpaired) electrons. The Labute approximate surface area is 124 Å². The maximum atomic E-state index is 6.01. The Kier molecular flexibility index (Phi) is 4.68. The lowest BCUT2D eigenvalue weighted by atomic mass is 9.88. The maximum Gasteiger partial charge on any atom is 0.0702 e. The fourth-order valence-electron chi connectivity index (χ4n) is 4.13. The van der Waals surface area contributed by atoms with Crippen LogP contribution < -0.4 is 5.32 Å². The number of nitrogens with zero attached hydrogens (tertiary/aromatic N) is 1. The van der Waals surface area contributed by atoms with Gasteiger partial charge in [0.2, 0.25) is 0 Å². The molecule has 0 aromatic heterocycles. The third kappa shape index (κ3) is 3.20. The lowest BCUT2D eigenvalue weighted by molar-refractivity contribution is -0.0482. The molecule has 0 amide bonds. The number of piperazine rings is 1. The molecule has 1 aliphatic carbocycles. The molecule has 3 heteroatoms. The summed E-state index contributed by atoms with van der Waals surface area (Å²) in [4.78, 5) is 2.79. The molecule has 0 aromatic carbocycles. The minimum atomic E-state index is 0.380. The van der Waals surface area contributed by atoms with Crippen LogP contribution >= 0.6 is 0 Å². The van der Waals surface area contributed by atoms with E-state index >= 15 is 0 Å². The van der Waals surface area contributed by atoms with E-state index in [9.17, 15) is 0 Å². The van der Waals surface area contributed by atoms with E-state index in [1.807, 2.05) is 0 Å². The lowest BCUT2D eigenvalue weighted by Crippen LogP contribution is -2.65. The smallest absolute Gasteiger partial charge is 0.0702 e. The van der Waals surface area contributed by atoms with E-state index in [4.69, 9.17) is 4.74 Å². The molecule has 20 heavy (non-hydrogen) atoms. The van der Waals surface area contributed by atoms with Crippen molar-refractivity contribution < 1.29 is 4.74 Å². The number of hydrogen-bond donors (Lipinski definition) is 1. The summed E-state index contributed by atoms with van der Waals surface area (Å²) in [6, 6.07) is 0.690. The van der Waals surface area contributed by atoms with E-state index in [1.165, 1.54) is 58.0 Å². The molecule has 2 saturated heterocycles. The van der Waals surface area contributed by atoms with E-state index in [1.54, 1.807) is 0 Å². The fourth-order valence-corrected chi connectivity index (χ4v) is 4.13. The second kappa shape index (κ2) is 6.33. The van der Waals surface area contributed by atoms with Gasteiger partial charge in [-0.2, -0.15) is 0 Å². The zero-order valence-electron chi connectivity index (χ0n) is 13.4. The first-order valence-corrected chi connectivity index (χ1v) is 8.82. The molecule has 3 unspecified atom stereocenters. The highest BCUT2D eigenvalue weighted by molar-refractivity contribution is 5.05. The van der Waals surface area contributed by atoms with Gasteiger partial charge in [-0.05, 0) is 51.4 Å². The summed E-state index contributed by atoms with van der Waals surface area (Å²) in [5.41, 5.74) is 0.380. The second-order valence-electron chi connectivity index (χ2n) is 7.39. The zero-order valence-corrected chi connectivity index (χ0v) is 13.4. The van der Waals surface area contributed by atoms with Gasteiger partial charge in [-0.1, -0.05) is 13.3 Å². The Morgan fingerprint density at radius 2 is 2.10 bits per heavy atom. The highest BCUT2D eigenvalue weighted by atomic mass is 16.5. The Hall–Kier alpha value is -0.120. The van der Waals surface area contributed by atoms with Crippen LogP contribution in [0.25, 0.3) is 0 Å². The first-order valence-electron chi connectivity index (χ1n) is 8.82. The first kappa shape index (κ1) is 14.8. The molecule has 3 nitrogen and oxygen atoms in total. The molecule has 3 rings (SSSR count). The molecule has 3 aliphatic rings. The van der Waals surface area contributed by atoms with E-state index in [0.717, 1.165) is 19.1 Å². The van der Waals surface area contributed by atoms with E-state index < -0.39 is 0 Å². The van der Waals surface area contributed by atoms with Gasteiger partial charge in [0.25, 0.3) is 0 Å². The van der Waals surface area contributed by atoms with Gasteiger partial charge in [-0.3, -0.25) is 4.90 Å². The quantitative estimate of drug-likeness (QED) is 0.838. The zero-order chi connectivity index (χ0) is 14.0. The molecule has 2 aliphatic heterocycles. The average Bonchev–Trinajstić information content (AvgIpc) is 3.29. The highest BCUT2D eigenvalue weighted by Gasteiger charge is 2.48. The van der Waals surface area contributed by atoms with Crippen molar-refractivity contribution in [3.63, 3.8) is 0 Å². The normalized spacial score (nSPS) is 39.9. The topological polar surface area (TPSA) is 24.5 Å². The van der Waals surface area contributed by atoms with Crippen LogP contribution in [0.4, 0.5) is 0 Å². The fraction of sp³-hybridized carbons (Fsp3) is 1.00. The van der Waals surface area contributed by atoms with Crippen molar-refractivity contribution in [2.75, 3.05) is 26.2 Å². The number of hydrogen-bond acceptors (Lipinski definition) is 3. The molecule has 3 fully saturated rings. The minimum Gasteiger partial charge on any atom is -0.377 e.